The minimum Gasteiger partial charge on any atom is -0.398 e. The fraction of sp³-hybridized carbons (Fsp3) is 0.125. The van der Waals surface area contributed by atoms with E-state index < -0.39 is 5.82 Å². The van der Waals surface area contributed by atoms with Crippen LogP contribution in [0.5, 0.6) is 0 Å². The van der Waals surface area contributed by atoms with Crippen molar-refractivity contribution in [3.8, 4) is 11.5 Å². The number of benzene rings is 2. The number of hydrogen-bond acceptors (Lipinski definition) is 4. The molecule has 0 unspecified atom stereocenters. The van der Waals surface area contributed by atoms with Crippen LogP contribution in [0.1, 0.15) is 17.0 Å². The van der Waals surface area contributed by atoms with E-state index >= 15 is 0 Å². The second kappa shape index (κ2) is 5.36. The molecule has 106 valence electrons. The van der Waals surface area contributed by atoms with Crippen molar-refractivity contribution in [1.29, 1.82) is 0 Å². The fourth-order valence-corrected chi connectivity index (χ4v) is 2.08. The second-order valence-electron chi connectivity index (χ2n) is 4.88. The van der Waals surface area contributed by atoms with Gasteiger partial charge >= 0.3 is 0 Å². The minimum atomic E-state index is -0.472. The Morgan fingerprint density at radius 3 is 2.62 bits per heavy atom. The van der Waals surface area contributed by atoms with E-state index in [-0.39, 0.29) is 17.1 Å². The summed E-state index contributed by atoms with van der Waals surface area (Å²) in [7, 11) is 0. The van der Waals surface area contributed by atoms with Gasteiger partial charge in [-0.1, -0.05) is 41.1 Å². The maximum absolute atomic E-state index is 13.8. The lowest BCUT2D eigenvalue weighted by Gasteiger charge is -2.00. The molecule has 3 aromatic rings. The standard InChI is InChI=1S/C16H14FN3O/c1-10-5-7-11(8-6-10)9-14-19-16(21-20-14)15-12(17)3-2-4-13(15)18/h2-8H,9,18H2,1H3. The Bertz CT molecular complexity index is 745. The van der Waals surface area contributed by atoms with Gasteiger partial charge in [0.15, 0.2) is 5.82 Å². The number of hydrogen-bond donors (Lipinski definition) is 1. The quantitative estimate of drug-likeness (QED) is 0.748. The summed E-state index contributed by atoms with van der Waals surface area (Å²) in [5, 5.41) is 3.88. The average Bonchev–Trinajstić information content (AvgIpc) is 2.89. The summed E-state index contributed by atoms with van der Waals surface area (Å²) in [6.45, 7) is 2.02. The first-order valence-corrected chi connectivity index (χ1v) is 6.56. The Balaban J connectivity index is 1.88. The van der Waals surface area contributed by atoms with Gasteiger partial charge in [0, 0.05) is 12.1 Å². The van der Waals surface area contributed by atoms with Crippen LogP contribution in [-0.2, 0) is 6.42 Å². The van der Waals surface area contributed by atoms with Gasteiger partial charge in [-0.05, 0) is 24.6 Å². The van der Waals surface area contributed by atoms with Gasteiger partial charge in [-0.25, -0.2) is 4.39 Å². The Morgan fingerprint density at radius 2 is 1.90 bits per heavy atom. The molecule has 0 aliphatic heterocycles. The zero-order chi connectivity index (χ0) is 14.8. The fourth-order valence-electron chi connectivity index (χ4n) is 2.08. The summed E-state index contributed by atoms with van der Waals surface area (Å²) >= 11 is 0. The van der Waals surface area contributed by atoms with Gasteiger partial charge in [0.2, 0.25) is 0 Å². The highest BCUT2D eigenvalue weighted by molar-refractivity contribution is 5.70. The van der Waals surface area contributed by atoms with Crippen molar-refractivity contribution >= 4 is 5.69 Å². The van der Waals surface area contributed by atoms with Crippen molar-refractivity contribution < 1.29 is 8.91 Å². The van der Waals surface area contributed by atoms with Crippen LogP contribution in [0.15, 0.2) is 47.0 Å². The molecular formula is C16H14FN3O. The number of nitrogens with zero attached hydrogens (tertiary/aromatic N) is 2. The van der Waals surface area contributed by atoms with Crippen LogP contribution in [0.2, 0.25) is 0 Å². The predicted octanol–water partition coefficient (Wildman–Crippen LogP) is 3.36. The molecule has 0 spiro atoms. The Hall–Kier alpha value is -2.69. The smallest absolute Gasteiger partial charge is 0.263 e. The van der Waals surface area contributed by atoms with E-state index in [4.69, 9.17) is 10.3 Å². The molecular weight excluding hydrogens is 269 g/mol. The molecule has 21 heavy (non-hydrogen) atoms. The van der Waals surface area contributed by atoms with Crippen LogP contribution in [0.4, 0.5) is 10.1 Å². The topological polar surface area (TPSA) is 64.9 Å². The van der Waals surface area contributed by atoms with Gasteiger partial charge in [0.25, 0.3) is 5.89 Å². The SMILES string of the molecule is Cc1ccc(Cc2noc(-c3c(N)cccc3F)n2)cc1. The van der Waals surface area contributed by atoms with Gasteiger partial charge in [0.1, 0.15) is 5.82 Å². The molecule has 0 atom stereocenters. The third-order valence-electron chi connectivity index (χ3n) is 3.21. The van der Waals surface area contributed by atoms with E-state index in [2.05, 4.69) is 10.1 Å². The molecule has 0 radical (unpaired) electrons. The molecule has 1 heterocycles. The van der Waals surface area contributed by atoms with Crippen molar-refractivity contribution in [3.63, 3.8) is 0 Å². The molecule has 0 aliphatic carbocycles. The van der Waals surface area contributed by atoms with Crippen LogP contribution in [0, 0.1) is 12.7 Å². The minimum absolute atomic E-state index is 0.104. The van der Waals surface area contributed by atoms with Crippen molar-refractivity contribution in [2.75, 3.05) is 5.73 Å². The average molecular weight is 283 g/mol. The summed E-state index contributed by atoms with van der Waals surface area (Å²) < 4.78 is 18.9. The highest BCUT2D eigenvalue weighted by Crippen LogP contribution is 2.27. The van der Waals surface area contributed by atoms with Crippen molar-refractivity contribution in [2.24, 2.45) is 0 Å². The van der Waals surface area contributed by atoms with Crippen LogP contribution < -0.4 is 5.73 Å². The first-order chi connectivity index (χ1) is 10.1. The molecule has 4 nitrogen and oxygen atoms in total. The number of nitrogens with two attached hydrogens (primary N) is 1. The molecule has 0 aliphatic rings. The number of halogens is 1. The summed E-state index contributed by atoms with van der Waals surface area (Å²) in [4.78, 5) is 4.22. The van der Waals surface area contributed by atoms with Gasteiger partial charge in [-0.15, -0.1) is 0 Å². The molecule has 0 bridgehead atoms. The maximum Gasteiger partial charge on any atom is 0.263 e. The van der Waals surface area contributed by atoms with Crippen LogP contribution >= 0.6 is 0 Å². The summed E-state index contributed by atoms with van der Waals surface area (Å²) in [6.07, 6.45) is 0.526. The molecule has 5 heteroatoms. The lowest BCUT2D eigenvalue weighted by atomic mass is 10.1. The molecule has 0 saturated heterocycles. The lowest BCUT2D eigenvalue weighted by Crippen LogP contribution is -1.94. The van der Waals surface area contributed by atoms with Crippen molar-refractivity contribution in [1.82, 2.24) is 10.1 Å². The molecule has 0 saturated carbocycles. The molecule has 2 N–H and O–H groups in total. The second-order valence-corrected chi connectivity index (χ2v) is 4.88. The Kier molecular flexibility index (Phi) is 3.39. The zero-order valence-electron chi connectivity index (χ0n) is 11.5. The highest BCUT2D eigenvalue weighted by atomic mass is 19.1. The lowest BCUT2D eigenvalue weighted by molar-refractivity contribution is 0.422. The number of rotatable bonds is 3. The van der Waals surface area contributed by atoms with E-state index in [9.17, 15) is 4.39 Å². The zero-order valence-corrected chi connectivity index (χ0v) is 11.5. The van der Waals surface area contributed by atoms with Crippen LogP contribution in [0.3, 0.4) is 0 Å². The number of aromatic nitrogens is 2. The van der Waals surface area contributed by atoms with Crippen molar-refractivity contribution in [2.45, 2.75) is 13.3 Å². The van der Waals surface area contributed by atoms with E-state index in [1.54, 1.807) is 6.07 Å². The summed E-state index contributed by atoms with van der Waals surface area (Å²) in [5.74, 6) is 0.129. The maximum atomic E-state index is 13.8. The molecule has 2 aromatic carbocycles. The monoisotopic (exact) mass is 283 g/mol. The molecule has 0 amide bonds. The van der Waals surface area contributed by atoms with Crippen LogP contribution in [-0.4, -0.2) is 10.1 Å². The largest absolute Gasteiger partial charge is 0.398 e. The first kappa shape index (κ1) is 13.3. The van der Waals surface area contributed by atoms with Gasteiger partial charge < -0.3 is 10.3 Å². The number of aryl methyl sites for hydroxylation is 1. The number of nitrogen functional groups attached to an aromatic ring is 1. The Morgan fingerprint density at radius 1 is 1.14 bits per heavy atom. The first-order valence-electron chi connectivity index (χ1n) is 6.56. The van der Waals surface area contributed by atoms with Crippen LogP contribution in [0.25, 0.3) is 11.5 Å². The predicted molar refractivity (Wildman–Crippen MR) is 78.1 cm³/mol. The third kappa shape index (κ3) is 2.76. The van der Waals surface area contributed by atoms with Gasteiger partial charge in [-0.3, -0.25) is 0 Å². The molecule has 0 fully saturated rings. The molecule has 1 aromatic heterocycles. The summed E-state index contributed by atoms with van der Waals surface area (Å²) in [5.41, 5.74) is 8.45. The number of anilines is 1. The van der Waals surface area contributed by atoms with E-state index in [0.717, 1.165) is 5.56 Å². The third-order valence-corrected chi connectivity index (χ3v) is 3.21. The van der Waals surface area contributed by atoms with E-state index in [0.29, 0.717) is 12.2 Å². The van der Waals surface area contributed by atoms with Gasteiger partial charge in [0.05, 0.1) is 5.56 Å². The Labute approximate surface area is 121 Å². The van der Waals surface area contributed by atoms with Crippen molar-refractivity contribution in [3.05, 3.63) is 65.2 Å². The van der Waals surface area contributed by atoms with E-state index in [1.807, 2.05) is 31.2 Å². The summed E-state index contributed by atoms with van der Waals surface area (Å²) in [6, 6.07) is 12.5. The molecule has 3 rings (SSSR count). The van der Waals surface area contributed by atoms with Gasteiger partial charge in [-0.2, -0.15) is 4.98 Å². The highest BCUT2D eigenvalue weighted by Gasteiger charge is 2.16. The van der Waals surface area contributed by atoms with E-state index in [1.165, 1.54) is 17.7 Å². The normalized spacial score (nSPS) is 10.8.